The van der Waals surface area contributed by atoms with Gasteiger partial charge < -0.3 is 9.66 Å². The molecule has 1 aliphatic rings. The van der Waals surface area contributed by atoms with E-state index in [9.17, 15) is 14.1 Å². The van der Waals surface area contributed by atoms with Crippen molar-refractivity contribution in [2.24, 2.45) is 0 Å². The van der Waals surface area contributed by atoms with Crippen molar-refractivity contribution in [2.75, 3.05) is 11.9 Å². The molecule has 0 radical (unpaired) electrons. The van der Waals surface area contributed by atoms with E-state index in [1.54, 1.807) is 31.3 Å². The number of amides is 2. The number of fused-ring (bicyclic) bond motifs is 1. The number of carboxylic acids is 1. The number of aromatic carboxylic acids is 1. The molecular formula is C25H20N2O4S. The maximum absolute atomic E-state index is 13.2. The van der Waals surface area contributed by atoms with Gasteiger partial charge >= 0.3 is 12.0 Å². The molecule has 160 valence electrons. The van der Waals surface area contributed by atoms with Crippen LogP contribution in [0.3, 0.4) is 0 Å². The lowest BCUT2D eigenvalue weighted by Gasteiger charge is -2.34. The first kappa shape index (κ1) is 21.5. The van der Waals surface area contributed by atoms with E-state index in [0.29, 0.717) is 22.6 Å². The number of hydrogen-bond acceptors (Lipinski definition) is 3. The van der Waals surface area contributed by atoms with Gasteiger partial charge in [0.05, 0.1) is 12.1 Å². The quantitative estimate of drug-likeness (QED) is 0.486. The van der Waals surface area contributed by atoms with Crippen molar-refractivity contribution in [2.45, 2.75) is 17.9 Å². The highest BCUT2D eigenvalue weighted by Crippen LogP contribution is 2.35. The zero-order chi connectivity index (χ0) is 22.7. The number of carboxylic acid groups (broad SMARTS) is 1. The first-order valence-corrected chi connectivity index (χ1v) is 11.0. The SMILES string of the molecule is CN1C(=O)N(Cc2ccc(C(=O)O)cc2)[S+]([O-])c2cc(C#CCc3ccccc3)ccc21. The Morgan fingerprint density at radius 1 is 1.03 bits per heavy atom. The van der Waals surface area contributed by atoms with E-state index in [1.807, 2.05) is 36.4 Å². The van der Waals surface area contributed by atoms with Crippen molar-refractivity contribution in [1.29, 1.82) is 0 Å². The molecule has 0 aliphatic carbocycles. The highest BCUT2D eigenvalue weighted by atomic mass is 32.2. The summed E-state index contributed by atoms with van der Waals surface area (Å²) < 4.78 is 14.5. The second kappa shape index (κ2) is 9.18. The second-order valence-corrected chi connectivity index (χ2v) is 8.66. The van der Waals surface area contributed by atoms with Crippen molar-refractivity contribution in [3.05, 3.63) is 95.1 Å². The molecule has 3 aromatic rings. The summed E-state index contributed by atoms with van der Waals surface area (Å²) in [7, 11) is 1.64. The van der Waals surface area contributed by atoms with Gasteiger partial charge in [0.2, 0.25) is 4.90 Å². The van der Waals surface area contributed by atoms with Crippen molar-refractivity contribution in [3.8, 4) is 11.8 Å². The van der Waals surface area contributed by atoms with Crippen LogP contribution in [0.15, 0.2) is 77.7 Å². The molecule has 1 heterocycles. The smallest absolute Gasteiger partial charge is 0.366 e. The van der Waals surface area contributed by atoms with Gasteiger partial charge in [-0.3, -0.25) is 4.90 Å². The number of nitrogens with zero attached hydrogens (tertiary/aromatic N) is 2. The topological polar surface area (TPSA) is 83.9 Å². The number of rotatable bonds is 4. The predicted molar refractivity (Wildman–Crippen MR) is 123 cm³/mol. The van der Waals surface area contributed by atoms with Crippen LogP contribution in [0.1, 0.15) is 27.0 Å². The fraction of sp³-hybridized carbons (Fsp3) is 0.120. The number of benzene rings is 3. The first-order valence-electron chi connectivity index (χ1n) is 9.90. The van der Waals surface area contributed by atoms with E-state index >= 15 is 0 Å². The maximum atomic E-state index is 13.2. The standard InChI is InChI=1S/C25H20N2O4S/c1-26-22-15-12-19(9-5-8-18-6-3-2-4-7-18)16-23(22)32(31)27(25(26)30)17-20-10-13-21(14-11-20)24(28)29/h2-4,6-7,10-16H,8,17H2,1H3,(H,28,29). The molecule has 1 unspecified atom stereocenters. The van der Waals surface area contributed by atoms with E-state index in [-0.39, 0.29) is 18.1 Å². The summed E-state index contributed by atoms with van der Waals surface area (Å²) in [4.78, 5) is 25.8. The molecule has 1 atom stereocenters. The molecule has 0 aromatic heterocycles. The largest absolute Gasteiger partial charge is 0.588 e. The molecule has 3 aromatic carbocycles. The zero-order valence-electron chi connectivity index (χ0n) is 17.3. The molecule has 0 fully saturated rings. The summed E-state index contributed by atoms with van der Waals surface area (Å²) in [6.45, 7) is 0.0963. The Hall–Kier alpha value is -3.73. The van der Waals surface area contributed by atoms with Crippen LogP contribution in [-0.2, 0) is 24.3 Å². The maximum Gasteiger partial charge on any atom is 0.366 e. The molecule has 0 bridgehead atoms. The second-order valence-electron chi connectivity index (χ2n) is 7.28. The van der Waals surface area contributed by atoms with Crippen molar-refractivity contribution >= 4 is 29.0 Å². The molecule has 0 saturated heterocycles. The average Bonchev–Trinajstić information content (AvgIpc) is 2.81. The summed E-state index contributed by atoms with van der Waals surface area (Å²) >= 11 is -1.71. The third-order valence-corrected chi connectivity index (χ3v) is 6.49. The molecule has 7 heteroatoms. The fourth-order valence-corrected chi connectivity index (χ4v) is 4.74. The molecule has 0 spiro atoms. The third-order valence-electron chi connectivity index (χ3n) is 5.10. The van der Waals surface area contributed by atoms with Gasteiger partial charge in [-0.25, -0.2) is 9.59 Å². The van der Waals surface area contributed by atoms with Crippen LogP contribution in [0, 0.1) is 11.8 Å². The molecule has 0 saturated carbocycles. The Morgan fingerprint density at radius 2 is 1.75 bits per heavy atom. The van der Waals surface area contributed by atoms with Gasteiger partial charge in [-0.2, -0.15) is 0 Å². The number of hydrogen-bond donors (Lipinski definition) is 1. The Kier molecular flexibility index (Phi) is 6.17. The van der Waals surface area contributed by atoms with Crippen molar-refractivity contribution in [1.82, 2.24) is 4.31 Å². The lowest BCUT2D eigenvalue weighted by Crippen LogP contribution is -2.48. The average molecular weight is 445 g/mol. The van der Waals surface area contributed by atoms with Crippen molar-refractivity contribution in [3.63, 3.8) is 0 Å². The van der Waals surface area contributed by atoms with E-state index in [4.69, 9.17) is 5.11 Å². The first-order chi connectivity index (χ1) is 15.4. The Bertz CT molecular complexity index is 1220. The van der Waals surface area contributed by atoms with E-state index in [2.05, 4.69) is 11.8 Å². The lowest BCUT2D eigenvalue weighted by atomic mass is 10.1. The van der Waals surface area contributed by atoms with Crippen molar-refractivity contribution < 1.29 is 19.2 Å². The van der Waals surface area contributed by atoms with E-state index in [1.165, 1.54) is 21.3 Å². The highest BCUT2D eigenvalue weighted by molar-refractivity contribution is 7.90. The fourth-order valence-electron chi connectivity index (χ4n) is 3.36. The minimum absolute atomic E-state index is 0.0963. The molecule has 2 amide bonds. The molecule has 6 nitrogen and oxygen atoms in total. The summed E-state index contributed by atoms with van der Waals surface area (Å²) in [5.41, 5.74) is 3.27. The van der Waals surface area contributed by atoms with Crippen LogP contribution >= 0.6 is 0 Å². The number of anilines is 1. The van der Waals surface area contributed by atoms with Gasteiger partial charge in [0.25, 0.3) is 0 Å². The summed E-state index contributed by atoms with van der Waals surface area (Å²) in [6.07, 6.45) is 0.609. The number of urea groups is 1. The number of carbonyl (C=O) groups excluding carboxylic acids is 1. The van der Waals surface area contributed by atoms with Gasteiger partial charge in [-0.15, -0.1) is 4.31 Å². The molecule has 1 aliphatic heterocycles. The Labute approximate surface area is 189 Å². The van der Waals surface area contributed by atoms with Crippen LogP contribution in [-0.4, -0.2) is 33.0 Å². The summed E-state index contributed by atoms with van der Waals surface area (Å²) in [5.74, 6) is 5.22. The minimum atomic E-state index is -1.71. The Morgan fingerprint density at radius 3 is 2.44 bits per heavy atom. The van der Waals surface area contributed by atoms with Crippen LogP contribution in [0.25, 0.3) is 0 Å². The van der Waals surface area contributed by atoms with Crippen LogP contribution in [0.4, 0.5) is 10.5 Å². The zero-order valence-corrected chi connectivity index (χ0v) is 18.1. The lowest BCUT2D eigenvalue weighted by molar-refractivity contribution is 0.0696. The van der Waals surface area contributed by atoms with Gasteiger partial charge in [0.1, 0.15) is 17.0 Å². The van der Waals surface area contributed by atoms with E-state index < -0.39 is 17.3 Å². The monoisotopic (exact) mass is 444 g/mol. The number of carbonyl (C=O) groups is 2. The van der Waals surface area contributed by atoms with Crippen LogP contribution in [0.2, 0.25) is 0 Å². The Balaban J connectivity index is 1.56. The molecule has 32 heavy (non-hydrogen) atoms. The van der Waals surface area contributed by atoms with Gasteiger partial charge in [-0.1, -0.05) is 54.3 Å². The van der Waals surface area contributed by atoms with Gasteiger partial charge in [0.15, 0.2) is 0 Å². The summed E-state index contributed by atoms with van der Waals surface area (Å²) in [6, 6.07) is 21.0. The van der Waals surface area contributed by atoms with Gasteiger partial charge in [0, 0.05) is 25.1 Å². The molecular weight excluding hydrogens is 424 g/mol. The van der Waals surface area contributed by atoms with Crippen LogP contribution < -0.4 is 4.90 Å². The highest BCUT2D eigenvalue weighted by Gasteiger charge is 2.40. The normalized spacial score (nSPS) is 15.1. The predicted octanol–water partition coefficient (Wildman–Crippen LogP) is 4.07. The third kappa shape index (κ3) is 4.47. The van der Waals surface area contributed by atoms with E-state index in [0.717, 1.165) is 11.1 Å². The van der Waals surface area contributed by atoms with Gasteiger partial charge in [-0.05, 0) is 35.4 Å². The van der Waals surface area contributed by atoms with Crippen LogP contribution in [0.5, 0.6) is 0 Å². The molecule has 1 N–H and O–H groups in total. The minimum Gasteiger partial charge on any atom is -0.588 e. The molecule has 4 rings (SSSR count). The summed E-state index contributed by atoms with van der Waals surface area (Å²) in [5, 5.41) is 9.05.